The van der Waals surface area contributed by atoms with Crippen LogP contribution in [0.1, 0.15) is 35.6 Å². The van der Waals surface area contributed by atoms with Crippen LogP contribution in [0.2, 0.25) is 0 Å². The van der Waals surface area contributed by atoms with Crippen molar-refractivity contribution in [3.05, 3.63) is 53.2 Å². The van der Waals surface area contributed by atoms with Crippen LogP contribution in [0.25, 0.3) is 10.9 Å². The minimum Gasteiger partial charge on any atom is -0.361 e. The first-order valence-electron chi connectivity index (χ1n) is 8.45. The zero-order chi connectivity index (χ0) is 17.4. The number of H-pyrrole nitrogens is 1. The molecule has 2 N–H and O–H groups in total. The van der Waals surface area contributed by atoms with Crippen molar-refractivity contribution in [3.8, 4) is 0 Å². The smallest absolute Gasteiger partial charge is 0.361 e. The molecule has 132 valence electrons. The lowest BCUT2D eigenvalue weighted by atomic mass is 10.1. The fourth-order valence-corrected chi connectivity index (χ4v) is 3.59. The third-order valence-electron chi connectivity index (χ3n) is 4.74. The number of nitrogens with zero attached hydrogens (tertiary/aromatic N) is 2. The summed E-state index contributed by atoms with van der Waals surface area (Å²) in [5, 5.41) is 4.37. The molecule has 1 aromatic carbocycles. The maximum Gasteiger partial charge on any atom is 0.449 e. The molecule has 0 atom stereocenters. The van der Waals surface area contributed by atoms with Crippen molar-refractivity contribution in [2.75, 3.05) is 0 Å². The van der Waals surface area contributed by atoms with Crippen molar-refractivity contribution >= 4 is 10.9 Å². The molecule has 4 nitrogen and oxygen atoms in total. The summed E-state index contributed by atoms with van der Waals surface area (Å²) in [6.45, 7) is 1.31. The van der Waals surface area contributed by atoms with E-state index < -0.39 is 12.0 Å². The Hall–Kier alpha value is -2.28. The van der Waals surface area contributed by atoms with Crippen molar-refractivity contribution in [2.24, 2.45) is 0 Å². The van der Waals surface area contributed by atoms with Crippen LogP contribution in [-0.2, 0) is 32.2 Å². The first-order valence-corrected chi connectivity index (χ1v) is 8.45. The standard InChI is InChI=1S/C18H19F3N4/c19-18(20,21)17-24-14(15-6-1-2-9-25(15)17)11-22-10-13-5-3-4-12-7-8-23-16(12)13/h3-5,7-8,22-23H,1-2,6,9-11H2. The SMILES string of the molecule is FC(F)(F)c1nc(CNCc2cccc3cc[nH]c23)c2n1CCCC2. The van der Waals surface area contributed by atoms with Crippen LogP contribution < -0.4 is 5.32 Å². The van der Waals surface area contributed by atoms with E-state index in [0.717, 1.165) is 35.0 Å². The normalized spacial score (nSPS) is 14.8. The number of aromatic nitrogens is 3. The number of hydrogen-bond acceptors (Lipinski definition) is 2. The van der Waals surface area contributed by atoms with Gasteiger partial charge in [-0.05, 0) is 36.3 Å². The van der Waals surface area contributed by atoms with E-state index in [0.29, 0.717) is 31.7 Å². The minimum absolute atomic E-state index is 0.336. The van der Waals surface area contributed by atoms with Crippen LogP contribution in [-0.4, -0.2) is 14.5 Å². The van der Waals surface area contributed by atoms with Crippen LogP contribution >= 0.6 is 0 Å². The molecule has 1 aliphatic heterocycles. The van der Waals surface area contributed by atoms with Gasteiger partial charge in [0.25, 0.3) is 0 Å². The summed E-state index contributed by atoms with van der Waals surface area (Å²) in [7, 11) is 0. The Morgan fingerprint density at radius 1 is 1.16 bits per heavy atom. The summed E-state index contributed by atoms with van der Waals surface area (Å²) in [5.41, 5.74) is 3.39. The van der Waals surface area contributed by atoms with E-state index in [1.165, 1.54) is 4.57 Å². The fourth-order valence-electron chi connectivity index (χ4n) is 3.59. The average molecular weight is 348 g/mol. The Kier molecular flexibility index (Phi) is 4.03. The number of alkyl halides is 3. The van der Waals surface area contributed by atoms with Gasteiger partial charge in [0.2, 0.25) is 5.82 Å². The van der Waals surface area contributed by atoms with E-state index >= 15 is 0 Å². The highest BCUT2D eigenvalue weighted by Crippen LogP contribution is 2.32. The van der Waals surface area contributed by atoms with E-state index in [1.807, 2.05) is 30.5 Å². The predicted octanol–water partition coefficient (Wildman–Crippen LogP) is 4.01. The zero-order valence-corrected chi connectivity index (χ0v) is 13.7. The van der Waals surface area contributed by atoms with Crippen molar-refractivity contribution in [2.45, 2.75) is 45.1 Å². The van der Waals surface area contributed by atoms with Gasteiger partial charge in [-0.2, -0.15) is 13.2 Å². The number of hydrogen-bond donors (Lipinski definition) is 2. The number of para-hydroxylation sites is 1. The Bertz CT molecular complexity index is 891. The summed E-state index contributed by atoms with van der Waals surface area (Å²) in [6, 6.07) is 8.01. The summed E-state index contributed by atoms with van der Waals surface area (Å²) in [6.07, 6.45) is -0.173. The molecule has 0 bridgehead atoms. The topological polar surface area (TPSA) is 45.6 Å². The molecule has 0 saturated heterocycles. The van der Waals surface area contributed by atoms with Gasteiger partial charge in [-0.3, -0.25) is 0 Å². The van der Waals surface area contributed by atoms with E-state index in [1.54, 1.807) is 0 Å². The Morgan fingerprint density at radius 3 is 2.88 bits per heavy atom. The number of aromatic amines is 1. The quantitative estimate of drug-likeness (QED) is 0.748. The first-order chi connectivity index (χ1) is 12.0. The van der Waals surface area contributed by atoms with Crippen LogP contribution in [0.4, 0.5) is 13.2 Å². The highest BCUT2D eigenvalue weighted by molar-refractivity contribution is 5.82. The summed E-state index contributed by atoms with van der Waals surface area (Å²) < 4.78 is 41.0. The Labute approximate surface area is 143 Å². The van der Waals surface area contributed by atoms with Gasteiger partial charge >= 0.3 is 6.18 Å². The lowest BCUT2D eigenvalue weighted by Crippen LogP contribution is -2.19. The van der Waals surface area contributed by atoms with Crippen LogP contribution in [0.15, 0.2) is 30.5 Å². The minimum atomic E-state index is -4.40. The molecule has 0 radical (unpaired) electrons. The maximum atomic E-state index is 13.2. The Balaban J connectivity index is 1.53. The highest BCUT2D eigenvalue weighted by Gasteiger charge is 2.39. The molecule has 0 unspecified atom stereocenters. The van der Waals surface area contributed by atoms with Gasteiger partial charge in [0.05, 0.1) is 5.69 Å². The molecule has 1 aliphatic rings. The fraction of sp³-hybridized carbons (Fsp3) is 0.389. The number of halogens is 3. The molecule has 3 heterocycles. The van der Waals surface area contributed by atoms with Crippen LogP contribution in [0.3, 0.4) is 0 Å². The van der Waals surface area contributed by atoms with Gasteiger partial charge < -0.3 is 14.9 Å². The third-order valence-corrected chi connectivity index (χ3v) is 4.74. The van der Waals surface area contributed by atoms with Gasteiger partial charge in [0.15, 0.2) is 0 Å². The number of nitrogens with one attached hydrogen (secondary N) is 2. The van der Waals surface area contributed by atoms with E-state index in [2.05, 4.69) is 15.3 Å². The van der Waals surface area contributed by atoms with E-state index in [-0.39, 0.29) is 0 Å². The highest BCUT2D eigenvalue weighted by atomic mass is 19.4. The van der Waals surface area contributed by atoms with Gasteiger partial charge in [-0.25, -0.2) is 4.98 Å². The first kappa shape index (κ1) is 16.2. The molecular formula is C18H19F3N4. The number of imidazole rings is 1. The molecule has 0 fully saturated rings. The second kappa shape index (κ2) is 6.22. The lowest BCUT2D eigenvalue weighted by Gasteiger charge is -2.18. The maximum absolute atomic E-state index is 13.2. The molecule has 25 heavy (non-hydrogen) atoms. The zero-order valence-electron chi connectivity index (χ0n) is 13.7. The molecule has 2 aromatic heterocycles. The van der Waals surface area contributed by atoms with Crippen molar-refractivity contribution in [3.63, 3.8) is 0 Å². The molecule has 0 spiro atoms. The lowest BCUT2D eigenvalue weighted by molar-refractivity contribution is -0.147. The number of benzene rings is 1. The molecular weight excluding hydrogens is 329 g/mol. The molecule has 3 aromatic rings. The largest absolute Gasteiger partial charge is 0.449 e. The molecule has 0 amide bonds. The molecule has 0 saturated carbocycles. The second-order valence-electron chi connectivity index (χ2n) is 6.40. The predicted molar refractivity (Wildman–Crippen MR) is 89.0 cm³/mol. The van der Waals surface area contributed by atoms with Crippen LogP contribution in [0.5, 0.6) is 0 Å². The van der Waals surface area contributed by atoms with Crippen molar-refractivity contribution in [1.82, 2.24) is 19.9 Å². The summed E-state index contributed by atoms with van der Waals surface area (Å²) in [4.78, 5) is 7.12. The average Bonchev–Trinajstić information content (AvgIpc) is 3.20. The van der Waals surface area contributed by atoms with Gasteiger partial charge in [-0.15, -0.1) is 0 Å². The number of rotatable bonds is 4. The Morgan fingerprint density at radius 2 is 2.04 bits per heavy atom. The molecule has 0 aliphatic carbocycles. The second-order valence-corrected chi connectivity index (χ2v) is 6.40. The summed E-state index contributed by atoms with van der Waals surface area (Å²) >= 11 is 0. The molecule has 7 heteroatoms. The summed E-state index contributed by atoms with van der Waals surface area (Å²) in [5.74, 6) is -0.759. The van der Waals surface area contributed by atoms with Crippen molar-refractivity contribution in [1.29, 1.82) is 0 Å². The van der Waals surface area contributed by atoms with Gasteiger partial charge in [0.1, 0.15) is 0 Å². The van der Waals surface area contributed by atoms with E-state index in [9.17, 15) is 13.2 Å². The molecule has 4 rings (SSSR count). The van der Waals surface area contributed by atoms with Crippen LogP contribution in [0, 0.1) is 0 Å². The van der Waals surface area contributed by atoms with Gasteiger partial charge in [0, 0.05) is 37.0 Å². The van der Waals surface area contributed by atoms with E-state index in [4.69, 9.17) is 0 Å². The van der Waals surface area contributed by atoms with Gasteiger partial charge in [-0.1, -0.05) is 18.2 Å². The monoisotopic (exact) mass is 348 g/mol. The van der Waals surface area contributed by atoms with Crippen molar-refractivity contribution < 1.29 is 13.2 Å². The number of fused-ring (bicyclic) bond motifs is 2. The third kappa shape index (κ3) is 3.04.